The molecular formula is C63H65BN4O4. The summed E-state index contributed by atoms with van der Waals surface area (Å²) in [7, 11) is 7.69. The van der Waals surface area contributed by atoms with Gasteiger partial charge in [-0.3, -0.25) is 19.4 Å². The van der Waals surface area contributed by atoms with Crippen molar-refractivity contribution in [1.82, 2.24) is 19.6 Å². The van der Waals surface area contributed by atoms with Gasteiger partial charge in [0.2, 0.25) is 0 Å². The summed E-state index contributed by atoms with van der Waals surface area (Å²) in [6.45, 7) is 12.3. The van der Waals surface area contributed by atoms with Crippen molar-refractivity contribution in [3.8, 4) is 5.75 Å². The predicted molar refractivity (Wildman–Crippen MR) is 298 cm³/mol. The standard InChI is InChI=1S/C63H65BN4O4/c1-42-19-17-20-43(33-42)36-65(5)38-56-49-25-11-15-29-53(49)59(54-30-16-12-26-50(54)56)41-68(8)62(70)55-32-31-45(35-60(55)63(2,3)4)61(69)67(7)40-58-51-27-13-9-23-47(51)57(48-24-10-14-28-52(48)58)39-66(6)37-44-21-18-22-46(34-44)72-64-71/h9-35,64,71H,36-41H2,1-8H3. The first-order valence-electron chi connectivity index (χ1n) is 24.9. The van der Waals surface area contributed by atoms with E-state index in [9.17, 15) is 14.6 Å². The fourth-order valence-corrected chi connectivity index (χ4v) is 10.7. The van der Waals surface area contributed by atoms with E-state index in [2.05, 4.69) is 179 Å². The Morgan fingerprint density at radius 1 is 0.472 bits per heavy atom. The average Bonchev–Trinajstić information content (AvgIpc) is 3.37. The first-order valence-corrected chi connectivity index (χ1v) is 24.9. The van der Waals surface area contributed by atoms with Crippen LogP contribution in [0.25, 0.3) is 43.1 Å². The normalized spacial score (nSPS) is 11.8. The van der Waals surface area contributed by atoms with Crippen LogP contribution in [0.1, 0.15) is 86.0 Å². The highest BCUT2D eigenvalue weighted by Crippen LogP contribution is 2.38. The van der Waals surface area contributed by atoms with Crippen LogP contribution < -0.4 is 4.65 Å². The molecule has 0 aliphatic heterocycles. The number of carbonyl (C=O) groups is 2. The van der Waals surface area contributed by atoms with E-state index in [0.717, 1.165) is 67.7 Å². The molecular weight excluding hydrogens is 888 g/mol. The zero-order valence-corrected chi connectivity index (χ0v) is 43.0. The highest BCUT2D eigenvalue weighted by atomic mass is 16.5. The molecule has 0 saturated heterocycles. The first-order chi connectivity index (χ1) is 34.7. The second-order valence-corrected chi connectivity index (χ2v) is 20.7. The highest BCUT2D eigenvalue weighted by molar-refractivity contribution is 6.17. The molecule has 9 rings (SSSR count). The second kappa shape index (κ2) is 21.2. The zero-order valence-electron chi connectivity index (χ0n) is 43.0. The van der Waals surface area contributed by atoms with Gasteiger partial charge >= 0.3 is 7.69 Å². The third-order valence-electron chi connectivity index (χ3n) is 14.1. The number of hydrogen-bond acceptors (Lipinski definition) is 6. The molecule has 0 spiro atoms. The van der Waals surface area contributed by atoms with Crippen molar-refractivity contribution < 1.29 is 19.3 Å². The Morgan fingerprint density at radius 2 is 0.875 bits per heavy atom. The summed E-state index contributed by atoms with van der Waals surface area (Å²) in [5, 5.41) is 18.5. The lowest BCUT2D eigenvalue weighted by molar-refractivity contribution is 0.0772. The van der Waals surface area contributed by atoms with E-state index in [1.807, 2.05) is 55.4 Å². The fraction of sp³-hybridized carbons (Fsp3) is 0.238. The van der Waals surface area contributed by atoms with Gasteiger partial charge in [0, 0.05) is 64.5 Å². The van der Waals surface area contributed by atoms with Gasteiger partial charge in [0.25, 0.3) is 11.8 Å². The lowest BCUT2D eigenvalue weighted by Crippen LogP contribution is -2.31. The number of rotatable bonds is 16. The van der Waals surface area contributed by atoms with Crippen LogP contribution in [0, 0.1) is 6.92 Å². The molecule has 0 aliphatic carbocycles. The smallest absolute Gasteiger partial charge is 0.504 e. The molecule has 9 aromatic carbocycles. The third kappa shape index (κ3) is 10.5. The van der Waals surface area contributed by atoms with Gasteiger partial charge in [-0.1, -0.05) is 160 Å². The molecule has 9 heteroatoms. The van der Waals surface area contributed by atoms with Crippen LogP contribution in [0.3, 0.4) is 0 Å². The lowest BCUT2D eigenvalue weighted by Gasteiger charge is -2.28. The van der Waals surface area contributed by atoms with Gasteiger partial charge in [0.15, 0.2) is 0 Å². The quantitative estimate of drug-likeness (QED) is 0.0768. The summed E-state index contributed by atoms with van der Waals surface area (Å²) < 4.78 is 5.35. The number of benzene rings is 9. The molecule has 2 amide bonds. The van der Waals surface area contributed by atoms with E-state index in [0.29, 0.717) is 43.1 Å². The summed E-state index contributed by atoms with van der Waals surface area (Å²) in [5.41, 5.74) is 9.88. The second-order valence-electron chi connectivity index (χ2n) is 20.7. The van der Waals surface area contributed by atoms with Crippen LogP contribution in [0.5, 0.6) is 5.75 Å². The van der Waals surface area contributed by atoms with Gasteiger partial charge in [-0.15, -0.1) is 0 Å². The number of amides is 2. The summed E-state index contributed by atoms with van der Waals surface area (Å²) in [4.78, 5) is 37.8. The van der Waals surface area contributed by atoms with Crippen LogP contribution in [-0.2, 0) is 44.7 Å². The summed E-state index contributed by atoms with van der Waals surface area (Å²) >= 11 is 0. The van der Waals surface area contributed by atoms with Gasteiger partial charge < -0.3 is 19.5 Å². The van der Waals surface area contributed by atoms with Crippen molar-refractivity contribution in [1.29, 1.82) is 0 Å². The minimum absolute atomic E-state index is 0.0877. The number of carbonyl (C=O) groups excluding carboxylic acids is 2. The van der Waals surface area contributed by atoms with E-state index in [-0.39, 0.29) is 19.5 Å². The summed E-state index contributed by atoms with van der Waals surface area (Å²) in [5.74, 6) is 0.439. The van der Waals surface area contributed by atoms with E-state index in [1.54, 1.807) is 4.90 Å². The molecule has 0 aromatic heterocycles. The van der Waals surface area contributed by atoms with Gasteiger partial charge in [-0.25, -0.2) is 0 Å². The Hall–Kier alpha value is -7.30. The highest BCUT2D eigenvalue weighted by Gasteiger charge is 2.28. The van der Waals surface area contributed by atoms with Gasteiger partial charge in [-0.05, 0) is 139 Å². The molecule has 0 unspecified atom stereocenters. The molecule has 0 saturated carbocycles. The maximum atomic E-state index is 14.8. The molecule has 0 heterocycles. The Morgan fingerprint density at radius 3 is 1.29 bits per heavy atom. The monoisotopic (exact) mass is 953 g/mol. The minimum atomic E-state index is -0.433. The van der Waals surface area contributed by atoms with Gasteiger partial charge in [0.05, 0.1) is 0 Å². The molecule has 72 heavy (non-hydrogen) atoms. The minimum Gasteiger partial charge on any atom is -0.539 e. The van der Waals surface area contributed by atoms with Gasteiger partial charge in [-0.2, -0.15) is 0 Å². The molecule has 9 aromatic rings. The number of nitrogens with zero attached hydrogens (tertiary/aromatic N) is 4. The Kier molecular flexibility index (Phi) is 14.6. The lowest BCUT2D eigenvalue weighted by atomic mass is 9.82. The Bertz CT molecular complexity index is 3360. The van der Waals surface area contributed by atoms with Crippen molar-refractivity contribution >= 4 is 62.6 Å². The zero-order chi connectivity index (χ0) is 50.7. The first kappa shape index (κ1) is 49.7. The van der Waals surface area contributed by atoms with E-state index >= 15 is 0 Å². The molecule has 1 N–H and O–H groups in total. The fourth-order valence-electron chi connectivity index (χ4n) is 10.7. The van der Waals surface area contributed by atoms with Crippen LogP contribution in [-0.4, -0.2) is 72.3 Å². The van der Waals surface area contributed by atoms with Crippen molar-refractivity contribution in [2.24, 2.45) is 0 Å². The molecule has 0 atom stereocenters. The maximum absolute atomic E-state index is 14.8. The maximum Gasteiger partial charge on any atom is 0.504 e. The molecule has 0 fully saturated rings. The van der Waals surface area contributed by atoms with Crippen LogP contribution >= 0.6 is 0 Å². The Balaban J connectivity index is 0.979. The van der Waals surface area contributed by atoms with Crippen LogP contribution in [0.15, 0.2) is 164 Å². The Labute approximate surface area is 425 Å². The predicted octanol–water partition coefficient (Wildman–Crippen LogP) is 12.4. The van der Waals surface area contributed by atoms with Crippen LogP contribution in [0.4, 0.5) is 0 Å². The molecule has 0 bridgehead atoms. The van der Waals surface area contributed by atoms with Crippen molar-refractivity contribution in [2.45, 2.75) is 72.4 Å². The largest absolute Gasteiger partial charge is 0.539 e. The van der Waals surface area contributed by atoms with Crippen LogP contribution in [0.2, 0.25) is 0 Å². The number of fused-ring (bicyclic) bond motifs is 4. The average molecular weight is 953 g/mol. The van der Waals surface area contributed by atoms with E-state index in [1.165, 1.54) is 33.0 Å². The van der Waals surface area contributed by atoms with E-state index < -0.39 is 5.41 Å². The topological polar surface area (TPSA) is 76.6 Å². The van der Waals surface area contributed by atoms with Crippen molar-refractivity contribution in [2.75, 3.05) is 28.2 Å². The molecule has 8 nitrogen and oxygen atoms in total. The summed E-state index contributed by atoms with van der Waals surface area (Å²) in [6, 6.07) is 56.4. The van der Waals surface area contributed by atoms with Crippen molar-refractivity contribution in [3.63, 3.8) is 0 Å². The van der Waals surface area contributed by atoms with E-state index in [4.69, 9.17) is 4.65 Å². The molecule has 0 radical (unpaired) electrons. The van der Waals surface area contributed by atoms with Crippen molar-refractivity contribution in [3.05, 3.63) is 219 Å². The number of aryl methyl sites for hydroxylation is 1. The number of hydrogen-bond donors (Lipinski definition) is 1. The summed E-state index contributed by atoms with van der Waals surface area (Å²) in [6.07, 6.45) is 0. The molecule has 364 valence electrons. The SMILES string of the molecule is Cc1cccc(CN(C)Cc2c3ccccc3c(CN(C)C(=O)c3ccc(C(=O)N(C)Cc4c5ccccc5c(CN(C)Cc5cccc(OBO)c5)c5ccccc45)cc3C(C)(C)C)c3ccccc23)c1. The third-order valence-corrected chi connectivity index (χ3v) is 14.1. The molecule has 0 aliphatic rings. The van der Waals surface area contributed by atoms with Gasteiger partial charge in [0.1, 0.15) is 5.75 Å².